The second kappa shape index (κ2) is 14.0. The molecular weight excluding hydrogens is 494 g/mol. The van der Waals surface area contributed by atoms with Gasteiger partial charge in [0.1, 0.15) is 11.5 Å². The molecule has 194 valence electrons. The molecule has 0 aliphatic heterocycles. The highest BCUT2D eigenvalue weighted by Gasteiger charge is 2.16. The molecule has 9 nitrogen and oxygen atoms in total. The molecule has 0 radical (unpaired) electrons. The van der Waals surface area contributed by atoms with E-state index in [0.717, 1.165) is 11.1 Å². The van der Waals surface area contributed by atoms with E-state index in [9.17, 15) is 14.7 Å². The number of methoxy groups -OCH3 is 2. The minimum atomic E-state index is -0.781. The number of nitrogens with zero attached hydrogens (tertiary/aromatic N) is 1. The lowest BCUT2D eigenvalue weighted by molar-refractivity contribution is 0.0955. The molecule has 0 saturated carbocycles. The Kier molecular flexibility index (Phi) is 10.5. The molecule has 1 atom stereocenters. The summed E-state index contributed by atoms with van der Waals surface area (Å²) in [5.41, 5.74) is 5.04. The fourth-order valence-electron chi connectivity index (χ4n) is 3.23. The number of hydrogen-bond acceptors (Lipinski definition) is 8. The predicted octanol–water partition coefficient (Wildman–Crippen LogP) is 3.31. The van der Waals surface area contributed by atoms with Crippen LogP contribution < -0.4 is 20.2 Å². The summed E-state index contributed by atoms with van der Waals surface area (Å²) in [5, 5.41) is 25.2. The Bertz CT molecular complexity index is 1230. The highest BCUT2D eigenvalue weighted by atomic mass is 32.2. The second-order valence-electron chi connectivity index (χ2n) is 7.89. The number of nitrogens with one attached hydrogen (secondary N) is 2. The summed E-state index contributed by atoms with van der Waals surface area (Å²) in [4.78, 5) is 25.9. The molecule has 0 bridgehead atoms. The van der Waals surface area contributed by atoms with Gasteiger partial charge in [-0.1, -0.05) is 12.1 Å². The first-order valence-corrected chi connectivity index (χ1v) is 12.5. The van der Waals surface area contributed by atoms with Gasteiger partial charge in [-0.2, -0.15) is 16.9 Å². The first-order chi connectivity index (χ1) is 17.9. The molecule has 3 aromatic rings. The average molecular weight is 524 g/mol. The minimum Gasteiger partial charge on any atom is -0.497 e. The third-order valence-electron chi connectivity index (χ3n) is 5.19. The minimum absolute atomic E-state index is 0.185. The van der Waals surface area contributed by atoms with Gasteiger partial charge in [0.25, 0.3) is 11.8 Å². The Balaban J connectivity index is 1.70. The molecule has 1 unspecified atom stereocenters. The number of thioether (sulfide) groups is 1. The molecule has 4 N–H and O–H groups in total. The van der Waals surface area contributed by atoms with Gasteiger partial charge in [0.2, 0.25) is 0 Å². The van der Waals surface area contributed by atoms with Crippen molar-refractivity contribution < 1.29 is 29.3 Å². The van der Waals surface area contributed by atoms with Gasteiger partial charge >= 0.3 is 0 Å². The second-order valence-corrected chi connectivity index (χ2v) is 8.92. The monoisotopic (exact) mass is 523 g/mol. The highest BCUT2D eigenvalue weighted by Crippen LogP contribution is 2.23. The molecular formula is C27H29N3O6S. The smallest absolute Gasteiger partial charge is 0.273 e. The number of anilines is 1. The number of amides is 2. The number of ether oxygens (including phenoxy) is 2. The summed E-state index contributed by atoms with van der Waals surface area (Å²) >= 11 is 1.45. The lowest BCUT2D eigenvalue weighted by Crippen LogP contribution is -2.21. The van der Waals surface area contributed by atoms with Crippen molar-refractivity contribution in [2.45, 2.75) is 11.9 Å². The first kappa shape index (κ1) is 27.7. The van der Waals surface area contributed by atoms with E-state index in [-0.39, 0.29) is 18.1 Å². The molecule has 0 aliphatic rings. The van der Waals surface area contributed by atoms with Crippen LogP contribution in [0.4, 0.5) is 5.69 Å². The molecule has 0 saturated heterocycles. The van der Waals surface area contributed by atoms with Crippen molar-refractivity contribution in [1.29, 1.82) is 0 Å². The van der Waals surface area contributed by atoms with Gasteiger partial charge in [-0.3, -0.25) is 9.59 Å². The van der Waals surface area contributed by atoms with Crippen molar-refractivity contribution in [3.63, 3.8) is 0 Å². The van der Waals surface area contributed by atoms with Crippen LogP contribution >= 0.6 is 11.8 Å². The maximum Gasteiger partial charge on any atom is 0.273 e. The van der Waals surface area contributed by atoms with Crippen LogP contribution in [-0.2, 0) is 5.75 Å². The number of benzene rings is 3. The standard InChI is InChI=1S/C27H29N3O6S/c1-35-22-8-6-18(7-9-22)14-28-30-27(34)24-13-23(36-2)10-11-25(24)29-26(33)20-5-3-4-19(12-20)16-37-17-21(32)15-31/h3-14,21,31-32H,15-17H2,1-2H3,(H,29,33)(H,30,34)/b28-14+. The molecule has 0 heterocycles. The third kappa shape index (κ3) is 8.35. The molecule has 0 aliphatic carbocycles. The molecule has 37 heavy (non-hydrogen) atoms. The quantitative estimate of drug-likeness (QED) is 0.212. The van der Waals surface area contributed by atoms with E-state index in [1.54, 1.807) is 61.7 Å². The normalized spacial score (nSPS) is 11.7. The zero-order valence-electron chi connectivity index (χ0n) is 20.5. The van der Waals surface area contributed by atoms with Crippen LogP contribution in [0.25, 0.3) is 0 Å². The van der Waals surface area contributed by atoms with Crippen molar-refractivity contribution in [1.82, 2.24) is 5.43 Å². The van der Waals surface area contributed by atoms with Gasteiger partial charge in [-0.05, 0) is 65.7 Å². The molecule has 3 aromatic carbocycles. The van der Waals surface area contributed by atoms with Crippen molar-refractivity contribution in [2.24, 2.45) is 5.10 Å². The summed E-state index contributed by atoms with van der Waals surface area (Å²) in [5.74, 6) is 1.21. The largest absolute Gasteiger partial charge is 0.497 e. The fraction of sp³-hybridized carbons (Fsp3) is 0.222. The lowest BCUT2D eigenvalue weighted by Gasteiger charge is -2.12. The summed E-state index contributed by atoms with van der Waals surface area (Å²) < 4.78 is 10.4. The van der Waals surface area contributed by atoms with E-state index in [1.807, 2.05) is 6.07 Å². The number of rotatable bonds is 12. The predicted molar refractivity (Wildman–Crippen MR) is 145 cm³/mol. The first-order valence-electron chi connectivity index (χ1n) is 11.4. The van der Waals surface area contributed by atoms with Crippen molar-refractivity contribution in [2.75, 3.05) is 31.9 Å². The van der Waals surface area contributed by atoms with Crippen molar-refractivity contribution in [3.05, 3.63) is 89.0 Å². The van der Waals surface area contributed by atoms with Crippen LogP contribution in [0, 0.1) is 0 Å². The van der Waals surface area contributed by atoms with Crippen molar-refractivity contribution >= 4 is 35.5 Å². The van der Waals surface area contributed by atoms with E-state index in [4.69, 9.17) is 14.6 Å². The van der Waals surface area contributed by atoms with Gasteiger partial charge in [0.15, 0.2) is 0 Å². The number of aliphatic hydroxyl groups is 2. The zero-order valence-corrected chi connectivity index (χ0v) is 21.3. The Labute approximate surface area is 219 Å². The number of hydrazone groups is 1. The van der Waals surface area contributed by atoms with E-state index >= 15 is 0 Å². The summed E-state index contributed by atoms with van der Waals surface area (Å²) in [6.07, 6.45) is 0.718. The maximum absolute atomic E-state index is 13.0. The fourth-order valence-corrected chi connectivity index (χ4v) is 4.14. The third-order valence-corrected chi connectivity index (χ3v) is 6.35. The molecule has 0 aromatic heterocycles. The summed E-state index contributed by atoms with van der Waals surface area (Å²) in [6.45, 7) is -0.292. The Morgan fingerprint density at radius 2 is 1.73 bits per heavy atom. The SMILES string of the molecule is COc1ccc(/C=N/NC(=O)c2cc(OC)ccc2NC(=O)c2cccc(CSCC(O)CO)c2)cc1. The Hall–Kier alpha value is -3.86. The van der Waals surface area contributed by atoms with E-state index < -0.39 is 12.0 Å². The van der Waals surface area contributed by atoms with E-state index in [2.05, 4.69) is 15.8 Å². The van der Waals surface area contributed by atoms with Gasteiger partial charge < -0.3 is 25.0 Å². The topological polar surface area (TPSA) is 129 Å². The van der Waals surface area contributed by atoms with Crippen LogP contribution in [0.15, 0.2) is 71.8 Å². The molecule has 10 heteroatoms. The van der Waals surface area contributed by atoms with Crippen LogP contribution in [0.5, 0.6) is 11.5 Å². The Morgan fingerprint density at radius 3 is 2.43 bits per heavy atom. The highest BCUT2D eigenvalue weighted by molar-refractivity contribution is 7.98. The maximum atomic E-state index is 13.0. The average Bonchev–Trinajstić information content (AvgIpc) is 2.93. The van der Waals surface area contributed by atoms with E-state index in [0.29, 0.717) is 34.3 Å². The molecule has 3 rings (SSSR count). The molecule has 0 fully saturated rings. The van der Waals surface area contributed by atoms with Gasteiger partial charge in [-0.15, -0.1) is 0 Å². The van der Waals surface area contributed by atoms with Crippen molar-refractivity contribution in [3.8, 4) is 11.5 Å². The van der Waals surface area contributed by atoms with Crippen LogP contribution in [0.1, 0.15) is 31.8 Å². The zero-order chi connectivity index (χ0) is 26.6. The van der Waals surface area contributed by atoms with Gasteiger partial charge in [0.05, 0.1) is 44.4 Å². The van der Waals surface area contributed by atoms with Gasteiger partial charge in [-0.25, -0.2) is 5.43 Å². The molecule has 0 spiro atoms. The summed E-state index contributed by atoms with van der Waals surface area (Å²) in [6, 6.07) is 19.0. The number of aliphatic hydroxyl groups excluding tert-OH is 2. The number of carbonyl (C=O) groups excluding carboxylic acids is 2. The number of carbonyl (C=O) groups is 2. The van der Waals surface area contributed by atoms with Gasteiger partial charge in [0, 0.05) is 17.1 Å². The Morgan fingerprint density at radius 1 is 1.00 bits per heavy atom. The molecule has 2 amide bonds. The van der Waals surface area contributed by atoms with Crippen LogP contribution in [0.3, 0.4) is 0 Å². The summed E-state index contributed by atoms with van der Waals surface area (Å²) in [7, 11) is 3.07. The van der Waals surface area contributed by atoms with Crippen LogP contribution in [-0.4, -0.2) is 60.9 Å². The van der Waals surface area contributed by atoms with Crippen LogP contribution in [0.2, 0.25) is 0 Å². The van der Waals surface area contributed by atoms with E-state index in [1.165, 1.54) is 31.2 Å². The lowest BCUT2D eigenvalue weighted by atomic mass is 10.1. The number of hydrogen-bond donors (Lipinski definition) is 4.